The zero-order valence-corrected chi connectivity index (χ0v) is 19.9. The van der Waals surface area contributed by atoms with Gasteiger partial charge in [0.15, 0.2) is 0 Å². The molecule has 1 amide bonds. The van der Waals surface area contributed by atoms with Gasteiger partial charge in [-0.1, -0.05) is 11.6 Å². The summed E-state index contributed by atoms with van der Waals surface area (Å²) in [4.78, 5) is 23.5. The van der Waals surface area contributed by atoms with Crippen molar-refractivity contribution in [3.05, 3.63) is 71.3 Å². The summed E-state index contributed by atoms with van der Waals surface area (Å²) in [7, 11) is -4.02. The number of nitrogens with zero attached hydrogens (tertiary/aromatic N) is 4. The van der Waals surface area contributed by atoms with E-state index in [0.717, 1.165) is 41.0 Å². The largest absolute Gasteiger partial charge is 0.451 e. The minimum absolute atomic E-state index is 0.0918. The number of carbonyl (C=O) groups is 1. The number of sulfonamides is 1. The number of hydrogen-bond donors (Lipinski definition) is 1. The summed E-state index contributed by atoms with van der Waals surface area (Å²) in [6.07, 6.45) is -0.679. The van der Waals surface area contributed by atoms with Crippen molar-refractivity contribution in [2.24, 2.45) is 0 Å². The number of hydrogen-bond acceptors (Lipinski definition) is 6. The summed E-state index contributed by atoms with van der Waals surface area (Å²) in [5.41, 5.74) is 0.856. The Hall–Kier alpha value is -3.16. The molecule has 0 saturated carbocycles. The van der Waals surface area contributed by atoms with Gasteiger partial charge in [-0.15, -0.1) is 0 Å². The molecule has 2 aromatic heterocycles. The van der Waals surface area contributed by atoms with E-state index in [9.17, 15) is 30.8 Å². The lowest BCUT2D eigenvalue weighted by Gasteiger charge is -2.23. The molecule has 0 radical (unpaired) electrons. The van der Waals surface area contributed by atoms with Crippen molar-refractivity contribution in [3.8, 4) is 11.1 Å². The molecule has 36 heavy (non-hydrogen) atoms. The average molecular weight is 544 g/mol. The van der Waals surface area contributed by atoms with Crippen molar-refractivity contribution in [2.75, 3.05) is 6.54 Å². The van der Waals surface area contributed by atoms with Gasteiger partial charge in [-0.3, -0.25) is 9.78 Å². The molecule has 0 bridgehead atoms. The average Bonchev–Trinajstić information content (AvgIpc) is 3.34. The van der Waals surface area contributed by atoms with Crippen molar-refractivity contribution < 1.29 is 30.8 Å². The predicted octanol–water partition coefficient (Wildman–Crippen LogP) is 3.82. The van der Waals surface area contributed by atoms with Crippen LogP contribution in [-0.2, 0) is 27.5 Å². The van der Waals surface area contributed by atoms with Crippen LogP contribution in [0.4, 0.5) is 17.6 Å². The molecule has 1 fully saturated rings. The third kappa shape index (κ3) is 5.47. The Labute approximate surface area is 208 Å². The summed E-state index contributed by atoms with van der Waals surface area (Å²) in [6, 6.07) is 4.85. The minimum atomic E-state index is -4.69. The van der Waals surface area contributed by atoms with Gasteiger partial charge in [0.05, 0.1) is 22.2 Å². The van der Waals surface area contributed by atoms with Crippen LogP contribution in [0.5, 0.6) is 0 Å². The predicted molar refractivity (Wildman–Crippen MR) is 120 cm³/mol. The summed E-state index contributed by atoms with van der Waals surface area (Å²) >= 11 is 6.14. The first kappa shape index (κ1) is 25.9. The molecule has 1 atom stereocenters. The van der Waals surface area contributed by atoms with Crippen LogP contribution in [0, 0.1) is 5.82 Å². The van der Waals surface area contributed by atoms with Crippen LogP contribution in [0.3, 0.4) is 0 Å². The van der Waals surface area contributed by atoms with E-state index in [0.29, 0.717) is 24.1 Å². The Balaban J connectivity index is 1.47. The number of alkyl halides is 3. The summed E-state index contributed by atoms with van der Waals surface area (Å²) in [5, 5.41) is 2.78. The molecule has 1 aromatic carbocycles. The quantitative estimate of drug-likeness (QED) is 0.474. The molecule has 3 heterocycles. The van der Waals surface area contributed by atoms with Gasteiger partial charge >= 0.3 is 6.18 Å². The van der Waals surface area contributed by atoms with Crippen molar-refractivity contribution in [1.82, 2.24) is 24.6 Å². The molecule has 190 valence electrons. The molecule has 0 spiro atoms. The third-order valence-electron chi connectivity index (χ3n) is 5.50. The summed E-state index contributed by atoms with van der Waals surface area (Å²) in [6.45, 7) is 0.0422. The second-order valence-electron chi connectivity index (χ2n) is 7.89. The van der Waals surface area contributed by atoms with Crippen LogP contribution in [0.2, 0.25) is 5.02 Å². The first-order valence-corrected chi connectivity index (χ1v) is 12.4. The van der Waals surface area contributed by atoms with Crippen molar-refractivity contribution in [3.63, 3.8) is 0 Å². The van der Waals surface area contributed by atoms with Crippen LogP contribution in [0.25, 0.3) is 11.1 Å². The van der Waals surface area contributed by atoms with E-state index in [2.05, 4.69) is 20.3 Å². The van der Waals surface area contributed by atoms with Gasteiger partial charge in [-0.25, -0.2) is 22.8 Å². The standard InChI is InChI=1S/C22H18ClF4N5O3S/c23-18-12-28-15(8-17(18)13-9-30-21(31-10-13)22(25,26)27)11-29-20(33)19-2-1-7-32(19)36(34,35)16-5-3-14(24)4-6-16/h3-6,8-10,12,19H,1-2,7,11H2,(H,29,33). The Bertz CT molecular complexity index is 1370. The van der Waals surface area contributed by atoms with Gasteiger partial charge < -0.3 is 5.32 Å². The second-order valence-corrected chi connectivity index (χ2v) is 10.2. The zero-order valence-electron chi connectivity index (χ0n) is 18.3. The van der Waals surface area contributed by atoms with Gasteiger partial charge in [0.1, 0.15) is 11.9 Å². The summed E-state index contributed by atoms with van der Waals surface area (Å²) < 4.78 is 78.4. The maximum Gasteiger partial charge on any atom is 0.451 e. The number of rotatable bonds is 6. The SMILES string of the molecule is O=C(NCc1cc(-c2cnc(C(F)(F)F)nc2)c(Cl)cn1)C1CCCN1S(=O)(=O)c1ccc(F)cc1. The number of halogens is 5. The molecule has 14 heteroatoms. The molecule has 8 nitrogen and oxygen atoms in total. The lowest BCUT2D eigenvalue weighted by atomic mass is 10.1. The molecule has 0 aliphatic carbocycles. The molecule has 4 rings (SSSR count). The first-order valence-electron chi connectivity index (χ1n) is 10.6. The van der Waals surface area contributed by atoms with Gasteiger partial charge in [0.2, 0.25) is 21.8 Å². The maximum absolute atomic E-state index is 13.2. The lowest BCUT2D eigenvalue weighted by Crippen LogP contribution is -2.45. The van der Waals surface area contributed by atoms with E-state index >= 15 is 0 Å². The Morgan fingerprint density at radius 2 is 1.78 bits per heavy atom. The Morgan fingerprint density at radius 1 is 1.11 bits per heavy atom. The highest BCUT2D eigenvalue weighted by Gasteiger charge is 2.39. The molecule has 1 aliphatic heterocycles. The van der Waals surface area contributed by atoms with Gasteiger partial charge in [-0.05, 0) is 43.2 Å². The van der Waals surface area contributed by atoms with Crippen LogP contribution in [0.15, 0.2) is 53.8 Å². The maximum atomic E-state index is 13.2. The number of nitrogens with one attached hydrogen (secondary N) is 1. The van der Waals surface area contributed by atoms with Crippen LogP contribution >= 0.6 is 11.6 Å². The van der Waals surface area contributed by atoms with E-state index in [1.807, 2.05) is 0 Å². The van der Waals surface area contributed by atoms with Gasteiger partial charge in [0, 0.05) is 36.3 Å². The molecular weight excluding hydrogens is 526 g/mol. The number of benzene rings is 1. The van der Waals surface area contributed by atoms with E-state index < -0.39 is 39.8 Å². The highest BCUT2D eigenvalue weighted by Crippen LogP contribution is 2.30. The topological polar surface area (TPSA) is 105 Å². The van der Waals surface area contributed by atoms with Crippen LogP contribution < -0.4 is 5.32 Å². The van der Waals surface area contributed by atoms with Gasteiger partial charge in [-0.2, -0.15) is 17.5 Å². The first-order chi connectivity index (χ1) is 17.0. The molecule has 1 N–H and O–H groups in total. The van der Waals surface area contributed by atoms with Crippen LogP contribution in [-0.4, -0.2) is 46.2 Å². The molecule has 1 aliphatic rings. The Morgan fingerprint density at radius 3 is 2.42 bits per heavy atom. The minimum Gasteiger partial charge on any atom is -0.349 e. The summed E-state index contributed by atoms with van der Waals surface area (Å²) in [5.74, 6) is -2.42. The van der Waals surface area contributed by atoms with E-state index in [1.54, 1.807) is 0 Å². The van der Waals surface area contributed by atoms with Crippen LogP contribution in [0.1, 0.15) is 24.4 Å². The monoisotopic (exact) mass is 543 g/mol. The smallest absolute Gasteiger partial charge is 0.349 e. The molecule has 3 aromatic rings. The Kier molecular flexibility index (Phi) is 7.25. The fourth-order valence-electron chi connectivity index (χ4n) is 3.74. The van der Waals surface area contributed by atoms with Crippen molar-refractivity contribution >= 4 is 27.5 Å². The van der Waals surface area contributed by atoms with E-state index in [-0.39, 0.29) is 28.6 Å². The third-order valence-corrected chi connectivity index (χ3v) is 7.72. The highest BCUT2D eigenvalue weighted by atomic mass is 35.5. The zero-order chi connectivity index (χ0) is 26.1. The van der Waals surface area contributed by atoms with Gasteiger partial charge in [0.25, 0.3) is 0 Å². The molecule has 1 unspecified atom stereocenters. The fraction of sp³-hybridized carbons (Fsp3) is 0.273. The number of pyridine rings is 1. The van der Waals surface area contributed by atoms with E-state index in [1.165, 1.54) is 12.3 Å². The molecular formula is C22H18ClF4N5O3S. The number of aromatic nitrogens is 3. The van der Waals surface area contributed by atoms with Crippen molar-refractivity contribution in [2.45, 2.75) is 36.5 Å². The van der Waals surface area contributed by atoms with E-state index in [4.69, 9.17) is 11.6 Å². The molecule has 1 saturated heterocycles. The number of carbonyl (C=O) groups excluding carboxylic acids is 1. The normalized spacial score (nSPS) is 16.8. The highest BCUT2D eigenvalue weighted by molar-refractivity contribution is 7.89. The number of amides is 1. The second kappa shape index (κ2) is 10.1. The van der Waals surface area contributed by atoms with Crippen molar-refractivity contribution in [1.29, 1.82) is 0 Å². The lowest BCUT2D eigenvalue weighted by molar-refractivity contribution is -0.145. The fourth-order valence-corrected chi connectivity index (χ4v) is 5.61.